The number of carboxylic acid groups (broad SMARTS) is 1. The van der Waals surface area contributed by atoms with Gasteiger partial charge in [-0.3, -0.25) is 4.79 Å². The lowest BCUT2D eigenvalue weighted by Gasteiger charge is -2.27. The van der Waals surface area contributed by atoms with E-state index in [2.05, 4.69) is 15.9 Å². The minimum Gasteiger partial charge on any atom is -0.481 e. The Kier molecular flexibility index (Phi) is 5.47. The summed E-state index contributed by atoms with van der Waals surface area (Å²) in [6, 6.07) is 0. The summed E-state index contributed by atoms with van der Waals surface area (Å²) in [5, 5.41) is 8.80. The predicted octanol–water partition coefficient (Wildman–Crippen LogP) is 4.26. The van der Waals surface area contributed by atoms with Gasteiger partial charge < -0.3 is 5.11 Å². The van der Waals surface area contributed by atoms with Crippen LogP contribution in [0.25, 0.3) is 0 Å². The zero-order valence-electron chi connectivity index (χ0n) is 9.11. The summed E-state index contributed by atoms with van der Waals surface area (Å²) < 4.78 is 46.4. The molecule has 0 heterocycles. The number of carboxylic acids is 1. The molecule has 8 heteroatoms. The van der Waals surface area contributed by atoms with Crippen molar-refractivity contribution < 1.29 is 27.5 Å². The first-order valence-corrected chi connectivity index (χ1v) is 6.32. The van der Waals surface area contributed by atoms with Gasteiger partial charge in [-0.2, -0.15) is 13.2 Å². The Balaban J connectivity index is 4.58. The van der Waals surface area contributed by atoms with Gasteiger partial charge in [0.1, 0.15) is 0 Å². The molecule has 17 heavy (non-hydrogen) atoms. The number of hydrogen-bond acceptors (Lipinski definition) is 1. The largest absolute Gasteiger partial charge is 0.481 e. The molecule has 0 aliphatic heterocycles. The van der Waals surface area contributed by atoms with Gasteiger partial charge in [0.15, 0.2) is 0 Å². The molecule has 0 rings (SSSR count). The Bertz CT molecular complexity index is 289. The topological polar surface area (TPSA) is 37.3 Å². The fourth-order valence-corrected chi connectivity index (χ4v) is 3.19. The lowest BCUT2D eigenvalue weighted by Crippen LogP contribution is -2.38. The first-order chi connectivity index (χ1) is 7.29. The standard InChI is InChI=1S/C9H12Br2F4O2/c1-7(2,6(16)17)3-5(10)4-8(11,12)9(13,14)15/h5H,3-4H2,1-2H3,(H,16,17). The molecule has 0 spiro atoms. The van der Waals surface area contributed by atoms with Gasteiger partial charge in [-0.15, -0.1) is 0 Å². The van der Waals surface area contributed by atoms with E-state index in [-0.39, 0.29) is 6.42 Å². The molecule has 0 aromatic heterocycles. The molecule has 2 atom stereocenters. The van der Waals surface area contributed by atoms with Crippen LogP contribution in [0, 0.1) is 5.41 Å². The van der Waals surface area contributed by atoms with Crippen LogP contribution >= 0.6 is 31.9 Å². The normalized spacial score (nSPS) is 18.6. The van der Waals surface area contributed by atoms with Gasteiger partial charge in [-0.1, -0.05) is 15.9 Å². The Morgan fingerprint density at radius 2 is 1.65 bits per heavy atom. The highest BCUT2D eigenvalue weighted by molar-refractivity contribution is 9.10. The number of carbonyl (C=O) groups is 1. The van der Waals surface area contributed by atoms with Crippen LogP contribution in [0.5, 0.6) is 0 Å². The first kappa shape index (κ1) is 17.2. The zero-order chi connectivity index (χ0) is 14.1. The van der Waals surface area contributed by atoms with Crippen LogP contribution in [0.15, 0.2) is 0 Å². The second kappa shape index (κ2) is 5.42. The highest BCUT2D eigenvalue weighted by Gasteiger charge is 2.55. The van der Waals surface area contributed by atoms with E-state index in [1.807, 2.05) is 15.9 Å². The molecule has 0 aromatic carbocycles. The third-order valence-corrected chi connectivity index (χ3v) is 3.62. The summed E-state index contributed by atoms with van der Waals surface area (Å²) in [4.78, 5) is 9.87. The molecule has 0 aromatic rings. The van der Waals surface area contributed by atoms with Crippen LogP contribution in [0.1, 0.15) is 26.7 Å². The number of alkyl halides is 6. The Hall–Kier alpha value is 0.150. The van der Waals surface area contributed by atoms with E-state index in [9.17, 15) is 22.4 Å². The number of aliphatic carboxylic acids is 1. The summed E-state index contributed by atoms with van der Waals surface area (Å²) in [7, 11) is 0. The maximum atomic E-state index is 13.2. The Morgan fingerprint density at radius 1 is 1.24 bits per heavy atom. The van der Waals surface area contributed by atoms with Crippen LogP contribution in [-0.2, 0) is 4.79 Å². The van der Waals surface area contributed by atoms with Crippen LogP contribution in [0.3, 0.4) is 0 Å². The third-order valence-electron chi connectivity index (χ3n) is 2.20. The molecule has 2 nitrogen and oxygen atoms in total. The minimum absolute atomic E-state index is 0.115. The zero-order valence-corrected chi connectivity index (χ0v) is 12.3. The fourth-order valence-electron chi connectivity index (χ4n) is 1.11. The monoisotopic (exact) mass is 386 g/mol. The average molecular weight is 388 g/mol. The molecule has 1 N–H and O–H groups in total. The van der Waals surface area contributed by atoms with Crippen molar-refractivity contribution in [3.8, 4) is 0 Å². The number of halogens is 6. The third kappa shape index (κ3) is 5.11. The average Bonchev–Trinajstić information content (AvgIpc) is 1.98. The van der Waals surface area contributed by atoms with Crippen molar-refractivity contribution in [1.82, 2.24) is 0 Å². The molecular weight excluding hydrogens is 376 g/mol. The van der Waals surface area contributed by atoms with Gasteiger partial charge in [0.05, 0.1) is 5.41 Å². The SMILES string of the molecule is CC(C)(CC(Br)CC(F)(Br)C(F)(F)F)C(=O)O. The van der Waals surface area contributed by atoms with E-state index in [1.165, 1.54) is 13.8 Å². The molecule has 0 fully saturated rings. The smallest absolute Gasteiger partial charge is 0.432 e. The second-order valence-electron chi connectivity index (χ2n) is 4.40. The highest BCUT2D eigenvalue weighted by Crippen LogP contribution is 2.45. The molecular formula is C9H12Br2F4O2. The van der Waals surface area contributed by atoms with Crippen molar-refractivity contribution in [2.75, 3.05) is 0 Å². The van der Waals surface area contributed by atoms with Gasteiger partial charge in [0, 0.05) is 11.2 Å². The van der Waals surface area contributed by atoms with Crippen molar-refractivity contribution in [1.29, 1.82) is 0 Å². The Labute approximate surface area is 113 Å². The van der Waals surface area contributed by atoms with Gasteiger partial charge in [-0.05, 0) is 36.2 Å². The summed E-state index contributed by atoms with van der Waals surface area (Å²) in [5.41, 5.74) is -1.22. The maximum Gasteiger partial charge on any atom is 0.432 e. The van der Waals surface area contributed by atoms with Gasteiger partial charge in [0.25, 0.3) is 4.58 Å². The van der Waals surface area contributed by atoms with Crippen LogP contribution in [0.4, 0.5) is 17.6 Å². The molecule has 102 valence electrons. The molecule has 2 unspecified atom stereocenters. The second-order valence-corrected chi connectivity index (χ2v) is 6.95. The summed E-state index contributed by atoms with van der Waals surface area (Å²) in [5.74, 6) is -1.15. The molecule has 0 aliphatic carbocycles. The van der Waals surface area contributed by atoms with E-state index < -0.39 is 33.4 Å². The number of hydrogen-bond donors (Lipinski definition) is 1. The highest BCUT2D eigenvalue weighted by atomic mass is 79.9. The van der Waals surface area contributed by atoms with Crippen molar-refractivity contribution in [2.24, 2.45) is 5.41 Å². The van der Waals surface area contributed by atoms with E-state index >= 15 is 0 Å². The molecule has 0 saturated heterocycles. The summed E-state index contributed by atoms with van der Waals surface area (Å²) in [6.45, 7) is 2.73. The molecule has 0 radical (unpaired) electrons. The Morgan fingerprint density at radius 3 is 1.94 bits per heavy atom. The van der Waals surface area contributed by atoms with E-state index in [0.29, 0.717) is 0 Å². The van der Waals surface area contributed by atoms with Crippen LogP contribution in [-0.4, -0.2) is 26.7 Å². The molecule has 0 bridgehead atoms. The molecule has 0 aliphatic rings. The first-order valence-electron chi connectivity index (χ1n) is 4.61. The summed E-state index contributed by atoms with van der Waals surface area (Å²) in [6.07, 6.45) is -6.05. The lowest BCUT2D eigenvalue weighted by molar-refractivity contribution is -0.193. The van der Waals surface area contributed by atoms with E-state index in [1.54, 1.807) is 0 Å². The van der Waals surface area contributed by atoms with E-state index in [4.69, 9.17) is 5.11 Å². The van der Waals surface area contributed by atoms with Crippen molar-refractivity contribution in [3.05, 3.63) is 0 Å². The quantitative estimate of drug-likeness (QED) is 0.565. The van der Waals surface area contributed by atoms with E-state index in [0.717, 1.165) is 0 Å². The van der Waals surface area contributed by atoms with Crippen molar-refractivity contribution >= 4 is 37.8 Å². The number of rotatable bonds is 5. The van der Waals surface area contributed by atoms with Crippen LogP contribution in [0.2, 0.25) is 0 Å². The summed E-state index contributed by atoms with van der Waals surface area (Å²) >= 11 is 4.86. The maximum absolute atomic E-state index is 13.2. The minimum atomic E-state index is -5.04. The van der Waals surface area contributed by atoms with Gasteiger partial charge >= 0.3 is 12.1 Å². The lowest BCUT2D eigenvalue weighted by atomic mass is 9.87. The van der Waals surface area contributed by atoms with Gasteiger partial charge in [-0.25, -0.2) is 4.39 Å². The van der Waals surface area contributed by atoms with Crippen molar-refractivity contribution in [2.45, 2.75) is 42.3 Å². The fraction of sp³-hybridized carbons (Fsp3) is 0.889. The van der Waals surface area contributed by atoms with Crippen molar-refractivity contribution in [3.63, 3.8) is 0 Å². The van der Waals surface area contributed by atoms with Crippen LogP contribution < -0.4 is 0 Å². The van der Waals surface area contributed by atoms with Gasteiger partial charge in [0.2, 0.25) is 0 Å². The predicted molar refractivity (Wildman–Crippen MR) is 62.2 cm³/mol. The molecule has 0 amide bonds. The molecule has 0 saturated carbocycles.